The first-order chi connectivity index (χ1) is 16.0. The van der Waals surface area contributed by atoms with Crippen LogP contribution in [0.1, 0.15) is 22.7 Å². The number of aromatic nitrogens is 6. The number of rotatable bonds is 6. The lowest BCUT2D eigenvalue weighted by atomic mass is 10.1. The topological polar surface area (TPSA) is 105 Å². The molecule has 0 N–H and O–H groups in total. The summed E-state index contributed by atoms with van der Waals surface area (Å²) in [6.45, 7) is 6.25. The highest BCUT2D eigenvalue weighted by Gasteiger charge is 2.21. The fraction of sp³-hybridized carbons (Fsp3) is 0.208. The number of hydrogen-bond acceptors (Lipinski definition) is 8. The van der Waals surface area contributed by atoms with Crippen LogP contribution in [0.15, 0.2) is 57.5 Å². The van der Waals surface area contributed by atoms with Crippen LogP contribution in [0.5, 0.6) is 5.75 Å². The molecule has 0 aliphatic heterocycles. The van der Waals surface area contributed by atoms with E-state index in [1.165, 1.54) is 0 Å². The molecule has 0 spiro atoms. The Bertz CT molecular complexity index is 1430. The molecule has 0 bridgehead atoms. The van der Waals surface area contributed by atoms with E-state index in [4.69, 9.17) is 13.7 Å². The monoisotopic (exact) mass is 442 g/mol. The SMILES string of the molecule is COc1ccccc1-c1noc(-c2nnn(Cc3nc(-c4cccc(C)c4)oc3C)c2C)n1. The minimum Gasteiger partial charge on any atom is -0.496 e. The van der Waals surface area contributed by atoms with Gasteiger partial charge in [-0.1, -0.05) is 40.2 Å². The largest absolute Gasteiger partial charge is 0.496 e. The van der Waals surface area contributed by atoms with Crippen molar-refractivity contribution < 1.29 is 13.7 Å². The molecule has 0 amide bonds. The summed E-state index contributed by atoms with van der Waals surface area (Å²) in [4.78, 5) is 9.18. The van der Waals surface area contributed by atoms with Crippen molar-refractivity contribution in [3.05, 3.63) is 71.2 Å². The standard InChI is InChI=1S/C24H22N6O3/c1-14-8-7-9-17(12-14)23-25-19(16(3)32-23)13-30-15(2)21(27-29-30)24-26-22(28-33-24)18-10-5-6-11-20(18)31-4/h5-12H,13H2,1-4H3. The summed E-state index contributed by atoms with van der Waals surface area (Å²) in [5.74, 6) is 2.70. The molecule has 5 aromatic rings. The van der Waals surface area contributed by atoms with Gasteiger partial charge in [0, 0.05) is 5.56 Å². The summed E-state index contributed by atoms with van der Waals surface area (Å²) < 4.78 is 18.5. The Kier molecular flexibility index (Phi) is 5.21. The molecule has 0 atom stereocenters. The lowest BCUT2D eigenvalue weighted by molar-refractivity contribution is 0.413. The first kappa shape index (κ1) is 20.6. The van der Waals surface area contributed by atoms with Crippen LogP contribution in [0.3, 0.4) is 0 Å². The molecule has 0 saturated carbocycles. The maximum atomic E-state index is 5.91. The van der Waals surface area contributed by atoms with Crippen LogP contribution in [0.25, 0.3) is 34.4 Å². The lowest BCUT2D eigenvalue weighted by Gasteiger charge is -2.03. The van der Waals surface area contributed by atoms with Gasteiger partial charge < -0.3 is 13.7 Å². The molecule has 5 rings (SSSR count). The van der Waals surface area contributed by atoms with Gasteiger partial charge in [-0.05, 0) is 45.0 Å². The van der Waals surface area contributed by atoms with Crippen LogP contribution in [-0.4, -0.2) is 37.2 Å². The molecule has 0 radical (unpaired) electrons. The molecule has 166 valence electrons. The molecule has 3 aromatic heterocycles. The molecular formula is C24H22N6O3. The maximum Gasteiger partial charge on any atom is 0.280 e. The Balaban J connectivity index is 1.41. The lowest BCUT2D eigenvalue weighted by Crippen LogP contribution is -2.05. The summed E-state index contributed by atoms with van der Waals surface area (Å²) in [6.07, 6.45) is 0. The second-order valence-corrected chi connectivity index (χ2v) is 7.70. The molecule has 0 fully saturated rings. The number of aryl methyl sites for hydroxylation is 2. The van der Waals surface area contributed by atoms with E-state index >= 15 is 0 Å². The molecule has 0 aliphatic rings. The number of oxazole rings is 1. The summed E-state index contributed by atoms with van der Waals surface area (Å²) in [7, 11) is 1.60. The van der Waals surface area contributed by atoms with Crippen molar-refractivity contribution in [2.75, 3.05) is 7.11 Å². The quantitative estimate of drug-likeness (QED) is 0.375. The highest BCUT2D eigenvalue weighted by molar-refractivity contribution is 5.65. The van der Waals surface area contributed by atoms with E-state index in [0.29, 0.717) is 29.7 Å². The van der Waals surface area contributed by atoms with Crippen molar-refractivity contribution in [3.8, 4) is 40.2 Å². The Labute approximate surface area is 190 Å². The number of methoxy groups -OCH3 is 1. The van der Waals surface area contributed by atoms with E-state index in [-0.39, 0.29) is 5.89 Å². The third-order valence-electron chi connectivity index (χ3n) is 5.42. The van der Waals surface area contributed by atoms with Crippen LogP contribution in [0.4, 0.5) is 0 Å². The van der Waals surface area contributed by atoms with Gasteiger partial charge in [-0.25, -0.2) is 9.67 Å². The highest BCUT2D eigenvalue weighted by Crippen LogP contribution is 2.30. The van der Waals surface area contributed by atoms with E-state index in [9.17, 15) is 0 Å². The van der Waals surface area contributed by atoms with E-state index in [1.807, 2.05) is 69.3 Å². The zero-order valence-electron chi connectivity index (χ0n) is 18.7. The number of para-hydroxylation sites is 1. The maximum absolute atomic E-state index is 5.91. The van der Waals surface area contributed by atoms with Gasteiger partial charge in [0.2, 0.25) is 11.7 Å². The summed E-state index contributed by atoms with van der Waals surface area (Å²) >= 11 is 0. The first-order valence-electron chi connectivity index (χ1n) is 10.4. The summed E-state index contributed by atoms with van der Waals surface area (Å²) in [6, 6.07) is 15.5. The van der Waals surface area contributed by atoms with Crippen molar-refractivity contribution in [3.63, 3.8) is 0 Å². The second kappa shape index (κ2) is 8.34. The van der Waals surface area contributed by atoms with Crippen LogP contribution in [0.2, 0.25) is 0 Å². The van der Waals surface area contributed by atoms with Gasteiger partial charge in [0.1, 0.15) is 17.2 Å². The van der Waals surface area contributed by atoms with Gasteiger partial charge in [0.25, 0.3) is 5.89 Å². The molecule has 9 nitrogen and oxygen atoms in total. The Morgan fingerprint density at radius 3 is 2.64 bits per heavy atom. The minimum absolute atomic E-state index is 0.289. The van der Waals surface area contributed by atoms with Gasteiger partial charge in [0.05, 0.1) is 24.9 Å². The molecule has 0 saturated heterocycles. The van der Waals surface area contributed by atoms with Crippen LogP contribution in [0, 0.1) is 20.8 Å². The first-order valence-corrected chi connectivity index (χ1v) is 10.4. The van der Waals surface area contributed by atoms with Gasteiger partial charge in [-0.2, -0.15) is 4.98 Å². The van der Waals surface area contributed by atoms with E-state index in [1.54, 1.807) is 11.8 Å². The fourth-order valence-electron chi connectivity index (χ4n) is 3.58. The average molecular weight is 442 g/mol. The van der Waals surface area contributed by atoms with Crippen molar-refractivity contribution in [1.82, 2.24) is 30.1 Å². The summed E-state index contributed by atoms with van der Waals surface area (Å²) in [5, 5.41) is 12.6. The molecule has 9 heteroatoms. The van der Waals surface area contributed by atoms with Gasteiger partial charge in [-0.15, -0.1) is 5.10 Å². The number of benzene rings is 2. The molecular weight excluding hydrogens is 420 g/mol. The molecule has 0 aliphatic carbocycles. The predicted molar refractivity (Wildman–Crippen MR) is 121 cm³/mol. The van der Waals surface area contributed by atoms with E-state index < -0.39 is 0 Å². The molecule has 3 heterocycles. The van der Waals surface area contributed by atoms with Crippen molar-refractivity contribution in [1.29, 1.82) is 0 Å². The number of nitrogens with zero attached hydrogens (tertiary/aromatic N) is 6. The number of ether oxygens (including phenoxy) is 1. The van der Waals surface area contributed by atoms with Crippen molar-refractivity contribution in [2.45, 2.75) is 27.3 Å². The zero-order chi connectivity index (χ0) is 22.9. The molecule has 0 unspecified atom stereocenters. The average Bonchev–Trinajstić information content (AvgIpc) is 3.54. The van der Waals surface area contributed by atoms with E-state index in [0.717, 1.165) is 33.8 Å². The van der Waals surface area contributed by atoms with Crippen LogP contribution in [-0.2, 0) is 6.54 Å². The Hall–Kier alpha value is -4.27. The highest BCUT2D eigenvalue weighted by atomic mass is 16.5. The number of hydrogen-bond donors (Lipinski definition) is 0. The molecule has 2 aromatic carbocycles. The van der Waals surface area contributed by atoms with Crippen molar-refractivity contribution in [2.24, 2.45) is 0 Å². The van der Waals surface area contributed by atoms with Crippen molar-refractivity contribution >= 4 is 0 Å². The van der Waals surface area contributed by atoms with Crippen LogP contribution >= 0.6 is 0 Å². The summed E-state index contributed by atoms with van der Waals surface area (Å²) in [5.41, 5.74) is 4.91. The molecule has 33 heavy (non-hydrogen) atoms. The normalized spacial score (nSPS) is 11.2. The van der Waals surface area contributed by atoms with Crippen LogP contribution < -0.4 is 4.74 Å². The minimum atomic E-state index is 0.289. The Morgan fingerprint density at radius 2 is 1.82 bits per heavy atom. The third kappa shape index (κ3) is 3.89. The van der Waals surface area contributed by atoms with Gasteiger partial charge in [-0.3, -0.25) is 0 Å². The van der Waals surface area contributed by atoms with Gasteiger partial charge >= 0.3 is 0 Å². The zero-order valence-corrected chi connectivity index (χ0v) is 18.7. The Morgan fingerprint density at radius 1 is 0.970 bits per heavy atom. The van der Waals surface area contributed by atoms with E-state index in [2.05, 4.69) is 25.4 Å². The smallest absolute Gasteiger partial charge is 0.280 e. The predicted octanol–water partition coefficient (Wildman–Crippen LogP) is 4.63. The fourth-order valence-corrected chi connectivity index (χ4v) is 3.58. The second-order valence-electron chi connectivity index (χ2n) is 7.70. The third-order valence-corrected chi connectivity index (χ3v) is 5.42. The van der Waals surface area contributed by atoms with Gasteiger partial charge in [0.15, 0.2) is 5.69 Å².